The fraction of sp³-hybridized carbons (Fsp3) is 0.273. The third-order valence-electron chi connectivity index (χ3n) is 5.25. The topological polar surface area (TPSA) is 52.2 Å². The molecule has 2 heterocycles. The highest BCUT2D eigenvalue weighted by atomic mass is 16.2. The van der Waals surface area contributed by atoms with Gasteiger partial charge in [-0.3, -0.25) is 9.69 Å². The van der Waals surface area contributed by atoms with Crippen LogP contribution in [0.5, 0.6) is 0 Å². The summed E-state index contributed by atoms with van der Waals surface area (Å²) < 4.78 is 0. The minimum absolute atomic E-state index is 0.0648. The summed E-state index contributed by atoms with van der Waals surface area (Å²) in [5.74, 6) is 0.845. The summed E-state index contributed by atoms with van der Waals surface area (Å²) in [5, 5.41) is 0. The fourth-order valence-electron chi connectivity index (χ4n) is 3.71. The van der Waals surface area contributed by atoms with Gasteiger partial charge in [-0.25, -0.2) is 4.98 Å². The van der Waals surface area contributed by atoms with Gasteiger partial charge in [0.15, 0.2) is 0 Å². The molecule has 27 heavy (non-hydrogen) atoms. The Kier molecular flexibility index (Phi) is 5.03. The van der Waals surface area contributed by atoms with Crippen molar-refractivity contribution in [1.29, 1.82) is 0 Å². The Morgan fingerprint density at radius 3 is 2.85 bits per heavy atom. The molecule has 1 fully saturated rings. The van der Waals surface area contributed by atoms with Crippen molar-refractivity contribution in [1.82, 2.24) is 19.8 Å². The SMILES string of the molecule is CN(C(=O)c1cccc(-c2ncc[nH]2)c1)[C@H]1CCN(Cc2ccccc2)C1. The van der Waals surface area contributed by atoms with E-state index in [0.717, 1.165) is 37.4 Å². The van der Waals surface area contributed by atoms with Crippen LogP contribution in [0.4, 0.5) is 0 Å². The third kappa shape index (κ3) is 3.93. The summed E-state index contributed by atoms with van der Waals surface area (Å²) in [6, 6.07) is 18.4. The van der Waals surface area contributed by atoms with Gasteiger partial charge in [0, 0.05) is 56.2 Å². The number of rotatable bonds is 5. The first-order chi connectivity index (χ1) is 13.2. The molecular weight excluding hydrogens is 336 g/mol. The van der Waals surface area contributed by atoms with E-state index in [-0.39, 0.29) is 11.9 Å². The predicted octanol–water partition coefficient (Wildman–Crippen LogP) is 3.42. The maximum Gasteiger partial charge on any atom is 0.253 e. The lowest BCUT2D eigenvalue weighted by atomic mass is 10.1. The van der Waals surface area contributed by atoms with Crippen molar-refractivity contribution < 1.29 is 4.79 Å². The molecule has 1 aliphatic rings. The number of H-pyrrole nitrogens is 1. The average Bonchev–Trinajstić information content (AvgIpc) is 3.40. The van der Waals surface area contributed by atoms with Crippen molar-refractivity contribution >= 4 is 5.91 Å². The Balaban J connectivity index is 1.42. The van der Waals surface area contributed by atoms with Gasteiger partial charge in [0.05, 0.1) is 0 Å². The first-order valence-electron chi connectivity index (χ1n) is 9.34. The van der Waals surface area contributed by atoms with Gasteiger partial charge in [0.2, 0.25) is 0 Å². The highest BCUT2D eigenvalue weighted by Crippen LogP contribution is 2.21. The lowest BCUT2D eigenvalue weighted by molar-refractivity contribution is 0.0735. The van der Waals surface area contributed by atoms with Crippen molar-refractivity contribution in [3.05, 3.63) is 78.1 Å². The van der Waals surface area contributed by atoms with E-state index in [1.165, 1.54) is 5.56 Å². The first-order valence-corrected chi connectivity index (χ1v) is 9.34. The zero-order valence-corrected chi connectivity index (χ0v) is 15.5. The second-order valence-corrected chi connectivity index (χ2v) is 7.10. The van der Waals surface area contributed by atoms with Crippen LogP contribution >= 0.6 is 0 Å². The molecule has 5 heteroatoms. The number of aromatic nitrogens is 2. The smallest absolute Gasteiger partial charge is 0.253 e. The molecule has 0 saturated carbocycles. The number of carbonyl (C=O) groups is 1. The molecule has 3 aromatic rings. The number of carbonyl (C=O) groups excluding carboxylic acids is 1. The number of likely N-dealkylation sites (N-methyl/N-ethyl adjacent to an activating group) is 1. The number of imidazole rings is 1. The molecule has 2 aromatic carbocycles. The largest absolute Gasteiger partial charge is 0.345 e. The van der Waals surface area contributed by atoms with Crippen molar-refractivity contribution in [3.63, 3.8) is 0 Å². The van der Waals surface area contributed by atoms with Crippen LogP contribution in [-0.4, -0.2) is 51.9 Å². The molecule has 1 aromatic heterocycles. The van der Waals surface area contributed by atoms with Gasteiger partial charge in [-0.2, -0.15) is 0 Å². The van der Waals surface area contributed by atoms with Crippen LogP contribution in [0.3, 0.4) is 0 Å². The predicted molar refractivity (Wildman–Crippen MR) is 106 cm³/mol. The van der Waals surface area contributed by atoms with Gasteiger partial charge < -0.3 is 9.88 Å². The van der Waals surface area contributed by atoms with Gasteiger partial charge >= 0.3 is 0 Å². The quantitative estimate of drug-likeness (QED) is 0.758. The van der Waals surface area contributed by atoms with E-state index in [2.05, 4.69) is 39.1 Å². The van der Waals surface area contributed by atoms with Gasteiger partial charge in [0.25, 0.3) is 5.91 Å². The summed E-state index contributed by atoms with van der Waals surface area (Å²) in [5.41, 5.74) is 2.95. The highest BCUT2D eigenvalue weighted by molar-refractivity contribution is 5.95. The second-order valence-electron chi connectivity index (χ2n) is 7.10. The Hall–Kier alpha value is -2.92. The molecule has 5 nitrogen and oxygen atoms in total. The molecule has 1 amide bonds. The standard InChI is InChI=1S/C22H24N4O/c1-25(20-10-13-26(16-20)15-17-6-3-2-4-7-17)22(27)19-9-5-8-18(14-19)21-23-11-12-24-21/h2-9,11-12,14,20H,10,13,15-16H2,1H3,(H,23,24)/t20-/m0/s1. The highest BCUT2D eigenvalue weighted by Gasteiger charge is 2.28. The minimum Gasteiger partial charge on any atom is -0.345 e. The van der Waals surface area contributed by atoms with Crippen LogP contribution in [-0.2, 0) is 6.54 Å². The second kappa shape index (κ2) is 7.76. The molecule has 1 saturated heterocycles. The van der Waals surface area contributed by atoms with E-state index >= 15 is 0 Å². The lowest BCUT2D eigenvalue weighted by Gasteiger charge is -2.25. The summed E-state index contributed by atoms with van der Waals surface area (Å²) in [7, 11) is 1.92. The molecule has 1 atom stereocenters. The number of nitrogens with one attached hydrogen (secondary N) is 1. The average molecular weight is 360 g/mol. The summed E-state index contributed by atoms with van der Waals surface area (Å²) in [6.07, 6.45) is 4.51. The fourth-order valence-corrected chi connectivity index (χ4v) is 3.71. The van der Waals surface area contributed by atoms with E-state index in [9.17, 15) is 4.79 Å². The molecule has 138 valence electrons. The normalized spacial score (nSPS) is 17.1. The van der Waals surface area contributed by atoms with E-state index in [0.29, 0.717) is 5.56 Å². The Morgan fingerprint density at radius 2 is 2.07 bits per heavy atom. The van der Waals surface area contributed by atoms with Crippen LogP contribution in [0, 0.1) is 0 Å². The maximum atomic E-state index is 13.0. The molecule has 1 aliphatic heterocycles. The molecule has 0 radical (unpaired) electrons. The maximum absolute atomic E-state index is 13.0. The third-order valence-corrected chi connectivity index (χ3v) is 5.25. The molecule has 0 unspecified atom stereocenters. The monoisotopic (exact) mass is 360 g/mol. The van der Waals surface area contributed by atoms with Crippen molar-refractivity contribution in [2.75, 3.05) is 20.1 Å². The number of aromatic amines is 1. The van der Waals surface area contributed by atoms with E-state index in [1.807, 2.05) is 42.3 Å². The number of benzene rings is 2. The molecule has 4 rings (SSSR count). The van der Waals surface area contributed by atoms with Crippen molar-refractivity contribution in [2.45, 2.75) is 19.0 Å². The van der Waals surface area contributed by atoms with Crippen molar-refractivity contribution in [2.24, 2.45) is 0 Å². The zero-order valence-electron chi connectivity index (χ0n) is 15.5. The zero-order chi connectivity index (χ0) is 18.6. The van der Waals surface area contributed by atoms with E-state index in [4.69, 9.17) is 0 Å². The van der Waals surface area contributed by atoms with Crippen LogP contribution < -0.4 is 0 Å². The number of likely N-dealkylation sites (tertiary alicyclic amines) is 1. The summed E-state index contributed by atoms with van der Waals surface area (Å²) in [4.78, 5) is 24.7. The Labute approximate surface area is 159 Å². The van der Waals surface area contributed by atoms with Crippen LogP contribution in [0.2, 0.25) is 0 Å². The number of amides is 1. The molecule has 1 N–H and O–H groups in total. The molecular formula is C22H24N4O. The summed E-state index contributed by atoms with van der Waals surface area (Å²) in [6.45, 7) is 2.87. The van der Waals surface area contributed by atoms with E-state index < -0.39 is 0 Å². The molecule has 0 spiro atoms. The van der Waals surface area contributed by atoms with Crippen LogP contribution in [0.25, 0.3) is 11.4 Å². The number of hydrogen-bond donors (Lipinski definition) is 1. The van der Waals surface area contributed by atoms with Gasteiger partial charge in [-0.15, -0.1) is 0 Å². The van der Waals surface area contributed by atoms with Gasteiger partial charge in [0.1, 0.15) is 5.82 Å². The Bertz CT molecular complexity index is 892. The minimum atomic E-state index is 0.0648. The first kappa shape index (κ1) is 17.5. The molecule has 0 aliphatic carbocycles. The van der Waals surface area contributed by atoms with Gasteiger partial charge in [-0.05, 0) is 24.1 Å². The van der Waals surface area contributed by atoms with Crippen LogP contribution in [0.15, 0.2) is 67.0 Å². The number of hydrogen-bond acceptors (Lipinski definition) is 3. The van der Waals surface area contributed by atoms with Crippen molar-refractivity contribution in [3.8, 4) is 11.4 Å². The number of nitrogens with zero attached hydrogens (tertiary/aromatic N) is 3. The summed E-state index contributed by atoms with van der Waals surface area (Å²) >= 11 is 0. The van der Waals surface area contributed by atoms with Crippen LogP contribution in [0.1, 0.15) is 22.3 Å². The lowest BCUT2D eigenvalue weighted by Crippen LogP contribution is -2.38. The van der Waals surface area contributed by atoms with E-state index in [1.54, 1.807) is 12.4 Å². The molecule has 0 bridgehead atoms. The van der Waals surface area contributed by atoms with Gasteiger partial charge in [-0.1, -0.05) is 42.5 Å². The Morgan fingerprint density at radius 1 is 1.22 bits per heavy atom.